The molecule has 0 unspecified atom stereocenters. The first-order chi connectivity index (χ1) is 10.2. The molecule has 0 radical (unpaired) electrons. The fourth-order valence-electron chi connectivity index (χ4n) is 1.93. The number of nitrogens with one attached hydrogen (secondary N) is 1. The van der Waals surface area contributed by atoms with Gasteiger partial charge in [-0.3, -0.25) is 0 Å². The van der Waals surface area contributed by atoms with Crippen LogP contribution in [0.5, 0.6) is 5.75 Å². The molecular formula is C15H13ClN4O. The number of pyridine rings is 1. The Balaban J connectivity index is 1.70. The van der Waals surface area contributed by atoms with Gasteiger partial charge in [-0.25, -0.2) is 9.67 Å². The van der Waals surface area contributed by atoms with Gasteiger partial charge >= 0.3 is 0 Å². The molecule has 0 spiro atoms. The first-order valence-electron chi connectivity index (χ1n) is 6.40. The lowest BCUT2D eigenvalue weighted by atomic mass is 10.2. The average Bonchev–Trinajstić information content (AvgIpc) is 3.04. The number of rotatable bonds is 4. The number of aromatic hydroxyl groups is 1. The standard InChI is InChI=1S/C15H13ClN4O/c16-13-4-1-3-11(15(13)21)9-17-12-5-6-14(18-10-12)20-8-2-7-19-20/h1-8,10,17,21H,9H2. The Bertz CT molecular complexity index is 726. The normalized spacial score (nSPS) is 10.5. The summed E-state index contributed by atoms with van der Waals surface area (Å²) in [4.78, 5) is 4.32. The minimum Gasteiger partial charge on any atom is -0.506 e. The van der Waals surface area contributed by atoms with Crippen molar-refractivity contribution in [2.75, 3.05) is 5.32 Å². The van der Waals surface area contributed by atoms with Gasteiger partial charge in [0, 0.05) is 24.5 Å². The van der Waals surface area contributed by atoms with Gasteiger partial charge in [0.15, 0.2) is 5.82 Å². The fraction of sp³-hybridized carbons (Fsp3) is 0.0667. The number of anilines is 1. The molecule has 0 aliphatic rings. The molecule has 106 valence electrons. The number of nitrogens with zero attached hydrogens (tertiary/aromatic N) is 3. The number of phenols is 1. The first kappa shape index (κ1) is 13.5. The maximum atomic E-state index is 9.85. The Labute approximate surface area is 126 Å². The number of hydrogen-bond acceptors (Lipinski definition) is 4. The number of phenolic OH excluding ortho intramolecular Hbond substituents is 1. The van der Waals surface area contributed by atoms with Crippen molar-refractivity contribution in [3.8, 4) is 11.6 Å². The third-order valence-electron chi connectivity index (χ3n) is 3.04. The van der Waals surface area contributed by atoms with Gasteiger partial charge in [-0.05, 0) is 24.3 Å². The van der Waals surface area contributed by atoms with Gasteiger partial charge in [-0.15, -0.1) is 0 Å². The highest BCUT2D eigenvalue weighted by Crippen LogP contribution is 2.27. The van der Waals surface area contributed by atoms with Gasteiger partial charge in [-0.1, -0.05) is 23.7 Å². The molecule has 0 aliphatic carbocycles. The van der Waals surface area contributed by atoms with Crippen molar-refractivity contribution in [2.45, 2.75) is 6.54 Å². The van der Waals surface area contributed by atoms with E-state index in [0.29, 0.717) is 11.6 Å². The smallest absolute Gasteiger partial charge is 0.153 e. The van der Waals surface area contributed by atoms with Gasteiger partial charge in [0.05, 0.1) is 16.9 Å². The van der Waals surface area contributed by atoms with Crippen LogP contribution in [0.4, 0.5) is 5.69 Å². The molecule has 0 aliphatic heterocycles. The summed E-state index contributed by atoms with van der Waals surface area (Å²) in [5, 5.41) is 17.5. The van der Waals surface area contributed by atoms with E-state index in [9.17, 15) is 5.11 Å². The van der Waals surface area contributed by atoms with E-state index in [1.807, 2.05) is 30.5 Å². The summed E-state index contributed by atoms with van der Waals surface area (Å²) in [5.41, 5.74) is 1.59. The topological polar surface area (TPSA) is 63.0 Å². The molecule has 3 aromatic rings. The summed E-state index contributed by atoms with van der Waals surface area (Å²) < 4.78 is 1.69. The van der Waals surface area contributed by atoms with Crippen molar-refractivity contribution in [3.63, 3.8) is 0 Å². The Morgan fingerprint density at radius 1 is 1.19 bits per heavy atom. The summed E-state index contributed by atoms with van der Waals surface area (Å²) in [6.45, 7) is 0.467. The zero-order valence-electron chi connectivity index (χ0n) is 11.1. The third-order valence-corrected chi connectivity index (χ3v) is 3.35. The number of halogens is 1. The number of benzene rings is 1. The van der Waals surface area contributed by atoms with Crippen LogP contribution in [0, 0.1) is 0 Å². The molecule has 0 bridgehead atoms. The van der Waals surface area contributed by atoms with Gasteiger partial charge in [0.25, 0.3) is 0 Å². The molecule has 1 aromatic carbocycles. The van der Waals surface area contributed by atoms with E-state index in [-0.39, 0.29) is 5.75 Å². The third kappa shape index (κ3) is 2.98. The molecule has 2 aromatic heterocycles. The van der Waals surface area contributed by atoms with E-state index in [1.165, 1.54) is 0 Å². The van der Waals surface area contributed by atoms with Crippen LogP contribution in [0.25, 0.3) is 5.82 Å². The summed E-state index contributed by atoms with van der Waals surface area (Å²) in [6.07, 6.45) is 5.26. The van der Waals surface area contributed by atoms with Gasteiger partial charge in [0.2, 0.25) is 0 Å². The molecule has 0 amide bonds. The highest BCUT2D eigenvalue weighted by atomic mass is 35.5. The van der Waals surface area contributed by atoms with Crippen molar-refractivity contribution in [3.05, 3.63) is 65.6 Å². The van der Waals surface area contributed by atoms with Gasteiger partial charge in [0.1, 0.15) is 5.75 Å². The van der Waals surface area contributed by atoms with Crippen LogP contribution < -0.4 is 5.32 Å². The van der Waals surface area contributed by atoms with Crippen LogP contribution >= 0.6 is 11.6 Å². The van der Waals surface area contributed by atoms with Crippen LogP contribution in [0.2, 0.25) is 5.02 Å². The molecule has 2 heterocycles. The molecule has 0 atom stereocenters. The molecule has 5 nitrogen and oxygen atoms in total. The molecule has 0 saturated carbocycles. The van der Waals surface area contributed by atoms with Crippen molar-refractivity contribution in [1.29, 1.82) is 0 Å². The second kappa shape index (κ2) is 5.85. The Morgan fingerprint density at radius 2 is 2.10 bits per heavy atom. The second-order valence-corrected chi connectivity index (χ2v) is 4.86. The van der Waals surface area contributed by atoms with Crippen LogP contribution in [-0.2, 0) is 6.54 Å². The van der Waals surface area contributed by atoms with E-state index >= 15 is 0 Å². The van der Waals surface area contributed by atoms with E-state index in [0.717, 1.165) is 17.1 Å². The minimum absolute atomic E-state index is 0.104. The predicted octanol–water partition coefficient (Wildman–Crippen LogP) is 3.24. The number of hydrogen-bond donors (Lipinski definition) is 2. The van der Waals surface area contributed by atoms with E-state index in [4.69, 9.17) is 11.6 Å². The highest BCUT2D eigenvalue weighted by molar-refractivity contribution is 6.32. The number of aromatic nitrogens is 3. The van der Waals surface area contributed by atoms with Crippen LogP contribution in [-0.4, -0.2) is 19.9 Å². The van der Waals surface area contributed by atoms with Crippen LogP contribution in [0.3, 0.4) is 0 Å². The summed E-state index contributed by atoms with van der Waals surface area (Å²) >= 11 is 5.87. The maximum Gasteiger partial charge on any atom is 0.153 e. The predicted molar refractivity (Wildman–Crippen MR) is 81.8 cm³/mol. The second-order valence-electron chi connectivity index (χ2n) is 4.46. The van der Waals surface area contributed by atoms with E-state index in [2.05, 4.69) is 15.4 Å². The molecular weight excluding hydrogens is 288 g/mol. The molecule has 21 heavy (non-hydrogen) atoms. The Hall–Kier alpha value is -2.53. The molecule has 0 fully saturated rings. The van der Waals surface area contributed by atoms with Crippen LogP contribution in [0.15, 0.2) is 55.0 Å². The maximum absolute atomic E-state index is 9.85. The van der Waals surface area contributed by atoms with Crippen molar-refractivity contribution in [2.24, 2.45) is 0 Å². The van der Waals surface area contributed by atoms with E-state index in [1.54, 1.807) is 29.2 Å². The number of para-hydroxylation sites is 1. The zero-order chi connectivity index (χ0) is 14.7. The molecule has 0 saturated heterocycles. The minimum atomic E-state index is 0.104. The summed E-state index contributed by atoms with van der Waals surface area (Å²) in [5.74, 6) is 0.851. The molecule has 2 N–H and O–H groups in total. The Morgan fingerprint density at radius 3 is 2.81 bits per heavy atom. The Kier molecular flexibility index (Phi) is 3.75. The van der Waals surface area contributed by atoms with Crippen molar-refractivity contribution in [1.82, 2.24) is 14.8 Å². The zero-order valence-corrected chi connectivity index (χ0v) is 11.8. The molecule has 6 heteroatoms. The first-order valence-corrected chi connectivity index (χ1v) is 6.78. The largest absolute Gasteiger partial charge is 0.506 e. The average molecular weight is 301 g/mol. The fourth-order valence-corrected chi connectivity index (χ4v) is 2.12. The highest BCUT2D eigenvalue weighted by Gasteiger charge is 2.05. The SMILES string of the molecule is Oc1c(Cl)cccc1CNc1ccc(-n2cccn2)nc1. The lowest BCUT2D eigenvalue weighted by molar-refractivity contribution is 0.469. The van der Waals surface area contributed by atoms with E-state index < -0.39 is 0 Å². The monoisotopic (exact) mass is 300 g/mol. The lowest BCUT2D eigenvalue weighted by Crippen LogP contribution is -2.02. The van der Waals surface area contributed by atoms with Crippen LogP contribution in [0.1, 0.15) is 5.56 Å². The van der Waals surface area contributed by atoms with Gasteiger partial charge < -0.3 is 10.4 Å². The van der Waals surface area contributed by atoms with Crippen molar-refractivity contribution < 1.29 is 5.11 Å². The summed E-state index contributed by atoms with van der Waals surface area (Å²) in [7, 11) is 0. The van der Waals surface area contributed by atoms with Gasteiger partial charge in [-0.2, -0.15) is 5.10 Å². The lowest BCUT2D eigenvalue weighted by Gasteiger charge is -2.09. The molecule has 3 rings (SSSR count). The van der Waals surface area contributed by atoms with Crippen molar-refractivity contribution >= 4 is 17.3 Å². The summed E-state index contributed by atoms with van der Waals surface area (Å²) in [6, 6.07) is 10.9. The quantitative estimate of drug-likeness (QED) is 0.776.